The molecule has 1 spiro atoms. The number of carbonyl (C=O) groups excluding carboxylic acids is 2. The minimum Gasteiger partial charge on any atom is -0.472 e. The minimum atomic E-state index is -0.964. The Balaban J connectivity index is 1.58. The molecular formula is C22H28O8. The number of rotatable bonds is 4. The van der Waals surface area contributed by atoms with Crippen molar-refractivity contribution in [1.82, 2.24) is 0 Å². The molecule has 8 nitrogen and oxygen atoms in total. The van der Waals surface area contributed by atoms with Gasteiger partial charge in [-0.2, -0.15) is 0 Å². The van der Waals surface area contributed by atoms with E-state index in [2.05, 4.69) is 0 Å². The van der Waals surface area contributed by atoms with E-state index in [1.807, 2.05) is 6.92 Å². The number of hydrogen-bond donors (Lipinski definition) is 2. The Morgan fingerprint density at radius 3 is 2.77 bits per heavy atom. The Kier molecular flexibility index (Phi) is 4.37. The number of ether oxygens (including phenoxy) is 3. The predicted octanol–water partition coefficient (Wildman–Crippen LogP) is 1.74. The Hall–Kier alpha value is -1.90. The average Bonchev–Trinajstić information content (AvgIpc) is 3.29. The van der Waals surface area contributed by atoms with Crippen LogP contribution in [0.15, 0.2) is 23.0 Å². The van der Waals surface area contributed by atoms with Gasteiger partial charge in [0.05, 0.1) is 42.2 Å². The molecular weight excluding hydrogens is 392 g/mol. The van der Waals surface area contributed by atoms with Crippen LogP contribution in [0.4, 0.5) is 0 Å². The van der Waals surface area contributed by atoms with Gasteiger partial charge in [-0.3, -0.25) is 9.59 Å². The second kappa shape index (κ2) is 6.55. The Labute approximate surface area is 174 Å². The van der Waals surface area contributed by atoms with E-state index in [0.717, 1.165) is 0 Å². The fourth-order valence-corrected chi connectivity index (χ4v) is 6.93. The van der Waals surface area contributed by atoms with E-state index in [1.54, 1.807) is 6.07 Å². The molecule has 0 aromatic carbocycles. The van der Waals surface area contributed by atoms with E-state index >= 15 is 0 Å². The number of aliphatic hydroxyl groups excluding tert-OH is 2. The van der Waals surface area contributed by atoms with Gasteiger partial charge in [0.1, 0.15) is 18.3 Å². The molecule has 1 aromatic heterocycles. The molecule has 8 atom stereocenters. The maximum atomic E-state index is 13.3. The molecule has 30 heavy (non-hydrogen) atoms. The van der Waals surface area contributed by atoms with Gasteiger partial charge in [0.2, 0.25) is 0 Å². The summed E-state index contributed by atoms with van der Waals surface area (Å²) >= 11 is 0. The molecule has 4 aliphatic rings. The van der Waals surface area contributed by atoms with Crippen molar-refractivity contribution in [2.75, 3.05) is 13.2 Å². The number of epoxide rings is 1. The first-order valence-electron chi connectivity index (χ1n) is 10.6. The monoisotopic (exact) mass is 420 g/mol. The van der Waals surface area contributed by atoms with E-state index in [-0.39, 0.29) is 30.8 Å². The van der Waals surface area contributed by atoms with Crippen molar-refractivity contribution in [3.8, 4) is 0 Å². The number of furan rings is 1. The molecule has 0 amide bonds. The summed E-state index contributed by atoms with van der Waals surface area (Å²) in [5, 5.41) is 22.3. The van der Waals surface area contributed by atoms with Crippen molar-refractivity contribution < 1.29 is 38.4 Å². The molecule has 2 saturated heterocycles. The van der Waals surface area contributed by atoms with Crippen molar-refractivity contribution in [1.29, 1.82) is 0 Å². The fourth-order valence-electron chi connectivity index (χ4n) is 6.93. The molecule has 1 aromatic rings. The van der Waals surface area contributed by atoms with Crippen LogP contribution in [0.25, 0.3) is 0 Å². The van der Waals surface area contributed by atoms with Gasteiger partial charge in [0.15, 0.2) is 0 Å². The van der Waals surface area contributed by atoms with Crippen LogP contribution in [0.5, 0.6) is 0 Å². The Morgan fingerprint density at radius 1 is 1.37 bits per heavy atom. The molecule has 2 aliphatic carbocycles. The average molecular weight is 420 g/mol. The fraction of sp³-hybridized carbons (Fsp3) is 0.727. The summed E-state index contributed by atoms with van der Waals surface area (Å²) in [6.45, 7) is 3.70. The molecule has 3 heterocycles. The van der Waals surface area contributed by atoms with Gasteiger partial charge in [0.25, 0.3) is 0 Å². The van der Waals surface area contributed by atoms with Crippen LogP contribution in [0.1, 0.15) is 51.2 Å². The number of esters is 2. The van der Waals surface area contributed by atoms with Gasteiger partial charge >= 0.3 is 11.9 Å². The third-order valence-electron chi connectivity index (χ3n) is 8.36. The number of cyclic esters (lactones) is 1. The largest absolute Gasteiger partial charge is 0.472 e. The summed E-state index contributed by atoms with van der Waals surface area (Å²) in [5.74, 6) is -1.16. The third kappa shape index (κ3) is 2.38. The van der Waals surface area contributed by atoms with Gasteiger partial charge in [-0.25, -0.2) is 0 Å². The standard InChI is InChI=1S/C22H28O8/c1-12-7-17(25)21-10-28-19(26)20(12,8-15(24)14-5-6-27-9-14)16(21)3-4-18(30-13(2)23)22(21)11-29-22/h5-6,9,12,15-18,24-25H,3-4,7-8,10-11H2,1-2H3/t12-,15-,16-,17-,18+,20+,21+,22-/m1/s1. The van der Waals surface area contributed by atoms with Crippen LogP contribution in [-0.4, -0.2) is 53.2 Å². The van der Waals surface area contributed by atoms with Gasteiger partial charge in [0, 0.05) is 12.5 Å². The third-order valence-corrected chi connectivity index (χ3v) is 8.36. The van der Waals surface area contributed by atoms with Crippen molar-refractivity contribution >= 4 is 11.9 Å². The van der Waals surface area contributed by atoms with E-state index in [1.165, 1.54) is 19.5 Å². The summed E-state index contributed by atoms with van der Waals surface area (Å²) in [4.78, 5) is 25.0. The zero-order valence-corrected chi connectivity index (χ0v) is 17.2. The molecule has 2 bridgehead atoms. The number of aliphatic hydroxyl groups is 2. The molecule has 4 fully saturated rings. The Bertz CT molecular complexity index is 845. The Morgan fingerprint density at radius 2 is 2.13 bits per heavy atom. The maximum absolute atomic E-state index is 13.3. The van der Waals surface area contributed by atoms with E-state index in [0.29, 0.717) is 31.4 Å². The zero-order valence-electron chi connectivity index (χ0n) is 17.2. The maximum Gasteiger partial charge on any atom is 0.312 e. The summed E-state index contributed by atoms with van der Waals surface area (Å²) in [6.07, 6.45) is 2.53. The lowest BCUT2D eigenvalue weighted by Gasteiger charge is -2.65. The van der Waals surface area contributed by atoms with E-state index < -0.39 is 40.7 Å². The van der Waals surface area contributed by atoms with Gasteiger partial charge in [-0.15, -0.1) is 0 Å². The summed E-state index contributed by atoms with van der Waals surface area (Å²) in [7, 11) is 0. The molecule has 164 valence electrons. The van der Waals surface area contributed by atoms with Crippen LogP contribution < -0.4 is 0 Å². The van der Waals surface area contributed by atoms with E-state index in [4.69, 9.17) is 18.6 Å². The zero-order chi connectivity index (χ0) is 21.3. The summed E-state index contributed by atoms with van der Waals surface area (Å²) < 4.78 is 22.4. The smallest absolute Gasteiger partial charge is 0.312 e. The number of carbonyl (C=O) groups is 2. The second-order valence-corrected chi connectivity index (χ2v) is 9.49. The second-order valence-electron chi connectivity index (χ2n) is 9.49. The molecule has 0 radical (unpaired) electrons. The summed E-state index contributed by atoms with van der Waals surface area (Å²) in [5.41, 5.74) is -2.07. The first-order chi connectivity index (χ1) is 14.3. The highest BCUT2D eigenvalue weighted by atomic mass is 16.6. The molecule has 8 heteroatoms. The van der Waals surface area contributed by atoms with Crippen molar-refractivity contribution in [2.24, 2.45) is 22.7 Å². The molecule has 5 rings (SSSR count). The van der Waals surface area contributed by atoms with Crippen LogP contribution >= 0.6 is 0 Å². The first-order valence-corrected chi connectivity index (χ1v) is 10.6. The number of hydrogen-bond acceptors (Lipinski definition) is 8. The van der Waals surface area contributed by atoms with Gasteiger partial charge in [-0.05, 0) is 43.6 Å². The van der Waals surface area contributed by atoms with Crippen molar-refractivity contribution in [2.45, 2.75) is 63.4 Å². The SMILES string of the molecule is CC(=O)O[C@H]1CC[C@@H]2[C@@]3(C[C@@H](O)c4ccoc4)C(=O)OC[C@]2([C@H](O)C[C@H]3C)[C@@]12CO2. The highest BCUT2D eigenvalue weighted by molar-refractivity contribution is 5.80. The molecule has 2 aliphatic heterocycles. The lowest BCUT2D eigenvalue weighted by Crippen LogP contribution is -2.74. The minimum absolute atomic E-state index is 0.0334. The van der Waals surface area contributed by atoms with Crippen molar-refractivity contribution in [3.63, 3.8) is 0 Å². The van der Waals surface area contributed by atoms with Crippen molar-refractivity contribution in [3.05, 3.63) is 24.2 Å². The van der Waals surface area contributed by atoms with Crippen LogP contribution in [0, 0.1) is 22.7 Å². The highest BCUT2D eigenvalue weighted by Crippen LogP contribution is 2.71. The first kappa shape index (κ1) is 20.0. The molecule has 2 saturated carbocycles. The van der Waals surface area contributed by atoms with Gasteiger partial charge < -0.3 is 28.8 Å². The van der Waals surface area contributed by atoms with Crippen LogP contribution in [0.2, 0.25) is 0 Å². The highest BCUT2D eigenvalue weighted by Gasteiger charge is 2.81. The molecule has 2 N–H and O–H groups in total. The van der Waals surface area contributed by atoms with Gasteiger partial charge in [-0.1, -0.05) is 6.92 Å². The predicted molar refractivity (Wildman–Crippen MR) is 101 cm³/mol. The lowest BCUT2D eigenvalue weighted by atomic mass is 9.41. The van der Waals surface area contributed by atoms with Crippen LogP contribution in [-0.2, 0) is 23.8 Å². The quantitative estimate of drug-likeness (QED) is 0.559. The summed E-state index contributed by atoms with van der Waals surface area (Å²) in [6, 6.07) is 1.69. The normalized spacial score (nSPS) is 45.4. The lowest BCUT2D eigenvalue weighted by molar-refractivity contribution is -0.277. The van der Waals surface area contributed by atoms with Crippen LogP contribution in [0.3, 0.4) is 0 Å². The topological polar surface area (TPSA) is 119 Å². The molecule has 0 unspecified atom stereocenters. The van der Waals surface area contributed by atoms with E-state index in [9.17, 15) is 19.8 Å².